The van der Waals surface area contributed by atoms with Gasteiger partial charge in [-0.1, -0.05) is 36.4 Å². The van der Waals surface area contributed by atoms with Crippen LogP contribution < -0.4 is 5.32 Å². The Morgan fingerprint density at radius 1 is 1.12 bits per heavy atom. The SMILES string of the molecule is CC=C(C)c1nc(C(=O)N(C)C(CCNC(=O)c2cccn2C)Cc2ccccc2)cn1C. The summed E-state index contributed by atoms with van der Waals surface area (Å²) in [5, 5.41) is 2.99. The fraction of sp³-hybridized carbons (Fsp3) is 0.346. The van der Waals surface area contributed by atoms with Gasteiger partial charge in [0.2, 0.25) is 0 Å². The third kappa shape index (κ3) is 5.80. The van der Waals surface area contributed by atoms with E-state index in [0.717, 1.165) is 17.0 Å². The quantitative estimate of drug-likeness (QED) is 0.544. The molecule has 33 heavy (non-hydrogen) atoms. The van der Waals surface area contributed by atoms with E-state index in [1.807, 2.05) is 76.1 Å². The highest BCUT2D eigenvalue weighted by molar-refractivity contribution is 5.93. The van der Waals surface area contributed by atoms with Crippen LogP contribution in [0, 0.1) is 0 Å². The van der Waals surface area contributed by atoms with E-state index in [9.17, 15) is 9.59 Å². The Labute approximate surface area is 195 Å². The van der Waals surface area contributed by atoms with Gasteiger partial charge in [-0.15, -0.1) is 0 Å². The highest BCUT2D eigenvalue weighted by atomic mass is 16.2. The van der Waals surface area contributed by atoms with E-state index in [0.29, 0.717) is 30.8 Å². The molecule has 1 unspecified atom stereocenters. The van der Waals surface area contributed by atoms with Crippen LogP contribution in [0.4, 0.5) is 0 Å². The normalized spacial score (nSPS) is 12.5. The zero-order valence-electron chi connectivity index (χ0n) is 20.1. The lowest BCUT2D eigenvalue weighted by Gasteiger charge is -2.28. The molecular weight excluding hydrogens is 414 g/mol. The minimum atomic E-state index is -0.129. The molecule has 2 amide bonds. The van der Waals surface area contributed by atoms with E-state index in [1.165, 1.54) is 0 Å². The van der Waals surface area contributed by atoms with Crippen LogP contribution in [0.5, 0.6) is 0 Å². The van der Waals surface area contributed by atoms with Gasteiger partial charge in [-0.3, -0.25) is 9.59 Å². The van der Waals surface area contributed by atoms with E-state index >= 15 is 0 Å². The van der Waals surface area contributed by atoms with Gasteiger partial charge < -0.3 is 19.4 Å². The average Bonchev–Trinajstić information content (AvgIpc) is 3.43. The lowest BCUT2D eigenvalue weighted by molar-refractivity contribution is 0.0717. The Bertz CT molecular complexity index is 1130. The minimum Gasteiger partial charge on any atom is -0.351 e. The molecule has 2 aromatic heterocycles. The fourth-order valence-electron chi connectivity index (χ4n) is 3.87. The van der Waals surface area contributed by atoms with Gasteiger partial charge in [-0.05, 0) is 50.0 Å². The number of allylic oxidation sites excluding steroid dienone is 2. The zero-order valence-corrected chi connectivity index (χ0v) is 20.1. The molecule has 3 rings (SSSR count). The fourth-order valence-corrected chi connectivity index (χ4v) is 3.87. The zero-order chi connectivity index (χ0) is 24.0. The number of nitrogens with one attached hydrogen (secondary N) is 1. The molecule has 1 aromatic carbocycles. The predicted molar refractivity (Wildman–Crippen MR) is 131 cm³/mol. The maximum atomic E-state index is 13.3. The number of carbonyl (C=O) groups is 2. The summed E-state index contributed by atoms with van der Waals surface area (Å²) >= 11 is 0. The molecule has 1 N–H and O–H groups in total. The average molecular weight is 448 g/mol. The summed E-state index contributed by atoms with van der Waals surface area (Å²) in [5.41, 5.74) is 3.19. The monoisotopic (exact) mass is 447 g/mol. The number of imidazole rings is 1. The summed E-state index contributed by atoms with van der Waals surface area (Å²) in [6, 6.07) is 13.6. The predicted octanol–water partition coefficient (Wildman–Crippen LogP) is 3.69. The molecule has 0 aliphatic rings. The van der Waals surface area contributed by atoms with Crippen LogP contribution in [0.15, 0.2) is 60.9 Å². The van der Waals surface area contributed by atoms with Gasteiger partial charge in [0.15, 0.2) is 0 Å². The van der Waals surface area contributed by atoms with Crippen molar-refractivity contribution in [3.8, 4) is 0 Å². The molecule has 0 aliphatic carbocycles. The Hall–Kier alpha value is -3.61. The van der Waals surface area contributed by atoms with Gasteiger partial charge >= 0.3 is 0 Å². The number of amides is 2. The van der Waals surface area contributed by atoms with Gasteiger partial charge in [0.05, 0.1) is 0 Å². The maximum Gasteiger partial charge on any atom is 0.274 e. The molecule has 0 radical (unpaired) electrons. The molecule has 0 aliphatic heterocycles. The van der Waals surface area contributed by atoms with Gasteiger partial charge in [0.1, 0.15) is 17.2 Å². The summed E-state index contributed by atoms with van der Waals surface area (Å²) in [4.78, 5) is 32.1. The standard InChI is InChI=1S/C26H33N5O2/c1-6-19(2)24-28-22(18-30(24)4)26(33)31(5)21(17-20-11-8-7-9-12-20)14-15-27-25(32)23-13-10-16-29(23)3/h6-13,16,18,21H,14-15,17H2,1-5H3,(H,27,32). The second-order valence-corrected chi connectivity index (χ2v) is 8.34. The largest absolute Gasteiger partial charge is 0.351 e. The van der Waals surface area contributed by atoms with Crippen LogP contribution in [0.1, 0.15) is 52.6 Å². The van der Waals surface area contributed by atoms with E-state index < -0.39 is 0 Å². The molecule has 3 aromatic rings. The van der Waals surface area contributed by atoms with Crippen molar-refractivity contribution in [2.45, 2.75) is 32.7 Å². The highest BCUT2D eigenvalue weighted by Gasteiger charge is 2.24. The van der Waals surface area contributed by atoms with Crippen LogP contribution in [0.25, 0.3) is 5.57 Å². The van der Waals surface area contributed by atoms with Crippen molar-refractivity contribution in [1.82, 2.24) is 24.3 Å². The molecule has 174 valence electrons. The van der Waals surface area contributed by atoms with Crippen molar-refractivity contribution in [2.24, 2.45) is 14.1 Å². The summed E-state index contributed by atoms with van der Waals surface area (Å²) in [6.07, 6.45) is 6.92. The second-order valence-electron chi connectivity index (χ2n) is 8.34. The molecule has 1 atom stereocenters. The Morgan fingerprint density at radius 2 is 1.85 bits per heavy atom. The Morgan fingerprint density at radius 3 is 2.48 bits per heavy atom. The topological polar surface area (TPSA) is 72.2 Å². The van der Waals surface area contributed by atoms with Gasteiger partial charge in [-0.2, -0.15) is 0 Å². The molecule has 2 heterocycles. The number of hydrogen-bond acceptors (Lipinski definition) is 3. The first-order valence-electron chi connectivity index (χ1n) is 11.2. The van der Waals surface area contributed by atoms with Gasteiger partial charge in [-0.25, -0.2) is 4.98 Å². The second kappa shape index (κ2) is 10.8. The molecule has 7 heteroatoms. The van der Waals surface area contributed by atoms with Crippen LogP contribution >= 0.6 is 0 Å². The summed E-state index contributed by atoms with van der Waals surface area (Å²) in [7, 11) is 5.55. The number of nitrogens with zero attached hydrogens (tertiary/aromatic N) is 4. The Balaban J connectivity index is 1.74. The first-order valence-corrected chi connectivity index (χ1v) is 11.2. The Kier molecular flexibility index (Phi) is 7.87. The van der Waals surface area contributed by atoms with Crippen LogP contribution in [0.3, 0.4) is 0 Å². The summed E-state index contributed by atoms with van der Waals surface area (Å²) < 4.78 is 3.67. The van der Waals surface area contributed by atoms with Crippen LogP contribution in [0.2, 0.25) is 0 Å². The molecule has 0 saturated carbocycles. The van der Waals surface area contributed by atoms with Crippen molar-refractivity contribution in [3.63, 3.8) is 0 Å². The van der Waals surface area contributed by atoms with Crippen LogP contribution in [-0.4, -0.2) is 50.5 Å². The van der Waals surface area contributed by atoms with Crippen molar-refractivity contribution in [2.75, 3.05) is 13.6 Å². The number of carbonyl (C=O) groups excluding carboxylic acids is 2. The van der Waals surface area contributed by atoms with Gasteiger partial charge in [0.25, 0.3) is 11.8 Å². The number of rotatable bonds is 9. The summed E-state index contributed by atoms with van der Waals surface area (Å²) in [5.74, 6) is 0.533. The molecule has 7 nitrogen and oxygen atoms in total. The third-order valence-corrected chi connectivity index (χ3v) is 6.00. The number of aryl methyl sites for hydroxylation is 2. The first kappa shape index (κ1) is 24.0. The van der Waals surface area contributed by atoms with Crippen molar-refractivity contribution < 1.29 is 9.59 Å². The lowest BCUT2D eigenvalue weighted by atomic mass is 10.0. The molecule has 0 saturated heterocycles. The number of benzene rings is 1. The van der Waals surface area contributed by atoms with E-state index in [-0.39, 0.29) is 17.9 Å². The van der Waals surface area contributed by atoms with Crippen molar-refractivity contribution in [1.29, 1.82) is 0 Å². The molecular formula is C26H33N5O2. The van der Waals surface area contributed by atoms with E-state index in [2.05, 4.69) is 22.4 Å². The van der Waals surface area contributed by atoms with Crippen molar-refractivity contribution >= 4 is 17.4 Å². The van der Waals surface area contributed by atoms with E-state index in [1.54, 1.807) is 21.7 Å². The number of aromatic nitrogens is 3. The van der Waals surface area contributed by atoms with Crippen molar-refractivity contribution in [3.05, 3.63) is 83.7 Å². The third-order valence-electron chi connectivity index (χ3n) is 6.00. The first-order chi connectivity index (χ1) is 15.8. The molecule has 0 spiro atoms. The summed E-state index contributed by atoms with van der Waals surface area (Å²) in [6.45, 7) is 4.40. The smallest absolute Gasteiger partial charge is 0.274 e. The lowest BCUT2D eigenvalue weighted by Crippen LogP contribution is -2.41. The van der Waals surface area contributed by atoms with Crippen LogP contribution in [-0.2, 0) is 20.5 Å². The minimum absolute atomic E-state index is 0.0955. The highest BCUT2D eigenvalue weighted by Crippen LogP contribution is 2.17. The van der Waals surface area contributed by atoms with Gasteiger partial charge in [0, 0.05) is 46.1 Å². The molecule has 0 fully saturated rings. The number of likely N-dealkylation sites (N-methyl/N-ethyl adjacent to an activating group) is 1. The number of hydrogen-bond donors (Lipinski definition) is 1. The maximum absolute atomic E-state index is 13.3. The molecule has 0 bridgehead atoms. The van der Waals surface area contributed by atoms with E-state index in [4.69, 9.17) is 0 Å².